The molecular formula is C20H23N3O3. The summed E-state index contributed by atoms with van der Waals surface area (Å²) in [5.41, 5.74) is 3.54. The van der Waals surface area contributed by atoms with Crippen LogP contribution in [0.4, 0.5) is 0 Å². The van der Waals surface area contributed by atoms with Gasteiger partial charge in [0.25, 0.3) is 0 Å². The molecule has 2 aromatic rings. The number of carbonyl (C=O) groups excluding carboxylic acids is 2. The zero-order valence-electron chi connectivity index (χ0n) is 14.7. The molecule has 0 unspecified atom stereocenters. The first-order valence-electron chi connectivity index (χ1n) is 9.08. The molecule has 0 aliphatic carbocycles. The Bertz CT molecular complexity index is 787. The van der Waals surface area contributed by atoms with Crippen molar-refractivity contribution >= 4 is 11.8 Å². The lowest BCUT2D eigenvalue weighted by atomic mass is 9.99. The van der Waals surface area contributed by atoms with Crippen molar-refractivity contribution in [3.8, 4) is 0 Å². The third kappa shape index (κ3) is 3.51. The van der Waals surface area contributed by atoms with Gasteiger partial charge in [-0.3, -0.25) is 14.5 Å². The monoisotopic (exact) mass is 353 g/mol. The van der Waals surface area contributed by atoms with Crippen LogP contribution in [-0.2, 0) is 29.1 Å². The summed E-state index contributed by atoms with van der Waals surface area (Å²) in [7, 11) is 0. The first-order valence-corrected chi connectivity index (χ1v) is 9.08. The number of piperazine rings is 1. The molecule has 0 spiro atoms. The van der Waals surface area contributed by atoms with Crippen molar-refractivity contribution in [2.45, 2.75) is 32.0 Å². The molecule has 1 fully saturated rings. The Labute approximate surface area is 152 Å². The molecule has 6 heteroatoms. The second-order valence-corrected chi connectivity index (χ2v) is 6.95. The maximum Gasteiger partial charge on any atom is 0.237 e. The number of fused-ring (bicyclic) bond motifs is 1. The van der Waals surface area contributed by atoms with Crippen LogP contribution >= 0.6 is 0 Å². The largest absolute Gasteiger partial charge is 0.472 e. The quantitative estimate of drug-likeness (QED) is 0.906. The number of rotatable bonds is 4. The van der Waals surface area contributed by atoms with E-state index in [4.69, 9.17) is 4.42 Å². The van der Waals surface area contributed by atoms with Gasteiger partial charge in [-0.25, -0.2) is 0 Å². The number of benzene rings is 1. The fourth-order valence-electron chi connectivity index (χ4n) is 3.79. The van der Waals surface area contributed by atoms with Crippen molar-refractivity contribution in [1.82, 2.24) is 15.1 Å². The lowest BCUT2D eigenvalue weighted by Crippen LogP contribution is -2.56. The summed E-state index contributed by atoms with van der Waals surface area (Å²) in [5.74, 6) is -0.0238. The van der Waals surface area contributed by atoms with Gasteiger partial charge in [-0.15, -0.1) is 0 Å². The highest BCUT2D eigenvalue weighted by atomic mass is 16.3. The Morgan fingerprint density at radius 1 is 1.19 bits per heavy atom. The number of amides is 2. The van der Waals surface area contributed by atoms with E-state index in [0.717, 1.165) is 18.5 Å². The molecule has 1 aromatic heterocycles. The Hall–Kier alpha value is -2.60. The Kier molecular flexibility index (Phi) is 4.75. The second kappa shape index (κ2) is 7.33. The first kappa shape index (κ1) is 16.8. The van der Waals surface area contributed by atoms with Crippen LogP contribution in [0.5, 0.6) is 0 Å². The van der Waals surface area contributed by atoms with Gasteiger partial charge in [-0.1, -0.05) is 24.3 Å². The van der Waals surface area contributed by atoms with Crippen LogP contribution in [0.3, 0.4) is 0 Å². The first-order chi connectivity index (χ1) is 12.7. The molecule has 4 rings (SSSR count). The highest BCUT2D eigenvalue weighted by Gasteiger charge is 2.33. The summed E-state index contributed by atoms with van der Waals surface area (Å²) < 4.78 is 5.13. The lowest BCUT2D eigenvalue weighted by Gasteiger charge is -2.36. The fourth-order valence-corrected chi connectivity index (χ4v) is 3.79. The Morgan fingerprint density at radius 2 is 2.04 bits per heavy atom. The number of nitrogens with zero attached hydrogens (tertiary/aromatic N) is 2. The maximum absolute atomic E-state index is 12.9. The van der Waals surface area contributed by atoms with E-state index in [0.29, 0.717) is 26.2 Å². The van der Waals surface area contributed by atoms with Crippen molar-refractivity contribution in [3.05, 3.63) is 59.5 Å². The van der Waals surface area contributed by atoms with E-state index in [9.17, 15) is 9.59 Å². The average molecular weight is 353 g/mol. The van der Waals surface area contributed by atoms with Crippen LogP contribution in [0.25, 0.3) is 0 Å². The van der Waals surface area contributed by atoms with Gasteiger partial charge in [0.15, 0.2) is 0 Å². The topological polar surface area (TPSA) is 65.8 Å². The fraction of sp³-hybridized carbons (Fsp3) is 0.400. The summed E-state index contributed by atoms with van der Waals surface area (Å²) in [4.78, 5) is 29.2. The van der Waals surface area contributed by atoms with E-state index in [-0.39, 0.29) is 18.2 Å². The third-order valence-electron chi connectivity index (χ3n) is 5.26. The molecule has 0 bridgehead atoms. The van der Waals surface area contributed by atoms with Crippen molar-refractivity contribution in [1.29, 1.82) is 0 Å². The van der Waals surface area contributed by atoms with Crippen LogP contribution in [0.1, 0.15) is 23.1 Å². The van der Waals surface area contributed by atoms with Gasteiger partial charge in [-0.2, -0.15) is 0 Å². The molecule has 1 aromatic carbocycles. The molecule has 2 aliphatic rings. The average Bonchev–Trinajstić information content (AvgIpc) is 3.17. The summed E-state index contributed by atoms with van der Waals surface area (Å²) in [6.45, 7) is 3.30. The second-order valence-electron chi connectivity index (χ2n) is 6.95. The van der Waals surface area contributed by atoms with Crippen molar-refractivity contribution in [2.75, 3.05) is 19.6 Å². The number of nitrogens with one attached hydrogen (secondary N) is 1. The SMILES string of the molecule is O=C1NCCN(Cc2ccoc2)[C@@H]1CC(=O)N1CCc2ccccc2C1. The van der Waals surface area contributed by atoms with Gasteiger partial charge in [0, 0.05) is 38.3 Å². The molecular weight excluding hydrogens is 330 g/mol. The molecule has 136 valence electrons. The predicted molar refractivity (Wildman–Crippen MR) is 96.1 cm³/mol. The Balaban J connectivity index is 1.44. The zero-order valence-corrected chi connectivity index (χ0v) is 14.7. The molecule has 1 saturated heterocycles. The third-order valence-corrected chi connectivity index (χ3v) is 5.26. The summed E-state index contributed by atoms with van der Waals surface area (Å²) >= 11 is 0. The zero-order chi connectivity index (χ0) is 17.9. The highest BCUT2D eigenvalue weighted by molar-refractivity contribution is 5.89. The summed E-state index contributed by atoms with van der Waals surface area (Å²) in [6.07, 6.45) is 4.40. The standard InChI is InChI=1S/C20H23N3O3/c24-19(23-8-5-16-3-1-2-4-17(16)13-23)11-18-20(25)21-7-9-22(18)12-15-6-10-26-14-15/h1-4,6,10,14,18H,5,7-9,11-13H2,(H,21,25)/t18-/m1/s1. The molecule has 1 atom stereocenters. The number of hydrogen-bond donors (Lipinski definition) is 1. The Morgan fingerprint density at radius 3 is 2.85 bits per heavy atom. The van der Waals surface area contributed by atoms with Crippen LogP contribution < -0.4 is 5.32 Å². The molecule has 2 aliphatic heterocycles. The molecule has 26 heavy (non-hydrogen) atoms. The van der Waals surface area contributed by atoms with Crippen LogP contribution in [0.15, 0.2) is 47.3 Å². The minimum atomic E-state index is -0.427. The van der Waals surface area contributed by atoms with Gasteiger partial charge < -0.3 is 14.6 Å². The van der Waals surface area contributed by atoms with E-state index < -0.39 is 6.04 Å². The minimum Gasteiger partial charge on any atom is -0.472 e. The van der Waals surface area contributed by atoms with Crippen molar-refractivity contribution < 1.29 is 14.0 Å². The highest BCUT2D eigenvalue weighted by Crippen LogP contribution is 2.21. The van der Waals surface area contributed by atoms with Crippen LogP contribution in [0.2, 0.25) is 0 Å². The normalized spacial score (nSPS) is 20.5. The molecule has 6 nitrogen and oxygen atoms in total. The summed E-state index contributed by atoms with van der Waals surface area (Å²) in [5, 5.41) is 2.89. The van der Waals surface area contributed by atoms with E-state index in [1.165, 1.54) is 11.1 Å². The molecule has 2 amide bonds. The number of furan rings is 1. The summed E-state index contributed by atoms with van der Waals surface area (Å²) in [6, 6.07) is 9.71. The molecule has 0 radical (unpaired) electrons. The van der Waals surface area contributed by atoms with Gasteiger partial charge in [0.2, 0.25) is 11.8 Å². The van der Waals surface area contributed by atoms with Gasteiger partial charge in [0.1, 0.15) is 0 Å². The smallest absolute Gasteiger partial charge is 0.237 e. The van der Waals surface area contributed by atoms with Crippen LogP contribution in [-0.4, -0.2) is 47.3 Å². The predicted octanol–water partition coefficient (Wildman–Crippen LogP) is 1.55. The van der Waals surface area contributed by atoms with Gasteiger partial charge in [0.05, 0.1) is 25.0 Å². The van der Waals surface area contributed by atoms with Crippen LogP contribution in [0, 0.1) is 0 Å². The van der Waals surface area contributed by atoms with E-state index >= 15 is 0 Å². The maximum atomic E-state index is 12.9. The van der Waals surface area contributed by atoms with E-state index in [2.05, 4.69) is 22.3 Å². The van der Waals surface area contributed by atoms with Gasteiger partial charge in [-0.05, 0) is 23.6 Å². The number of hydrogen-bond acceptors (Lipinski definition) is 4. The number of carbonyl (C=O) groups is 2. The lowest BCUT2D eigenvalue weighted by molar-refractivity contribution is -0.139. The van der Waals surface area contributed by atoms with Crippen molar-refractivity contribution in [3.63, 3.8) is 0 Å². The molecule has 3 heterocycles. The van der Waals surface area contributed by atoms with E-state index in [1.807, 2.05) is 23.1 Å². The van der Waals surface area contributed by atoms with E-state index in [1.54, 1.807) is 12.5 Å². The van der Waals surface area contributed by atoms with Gasteiger partial charge >= 0.3 is 0 Å². The van der Waals surface area contributed by atoms with Crippen molar-refractivity contribution in [2.24, 2.45) is 0 Å². The molecule has 0 saturated carbocycles. The molecule has 1 N–H and O–H groups in total. The minimum absolute atomic E-state index is 0.0405.